The molecular formula is C10H8BrNO. The van der Waals surface area contributed by atoms with Crippen LogP contribution < -0.4 is 4.74 Å². The van der Waals surface area contributed by atoms with E-state index in [1.807, 2.05) is 30.3 Å². The zero-order chi connectivity index (χ0) is 9.26. The smallest absolute Gasteiger partial charge is 0.228 e. The van der Waals surface area contributed by atoms with Gasteiger partial charge in [0.2, 0.25) is 5.88 Å². The average molecular weight is 238 g/mol. The highest BCUT2D eigenvalue weighted by Crippen LogP contribution is 2.26. The predicted molar refractivity (Wildman–Crippen MR) is 56.0 cm³/mol. The minimum absolute atomic E-state index is 0.624. The van der Waals surface area contributed by atoms with Crippen molar-refractivity contribution in [3.63, 3.8) is 0 Å². The van der Waals surface area contributed by atoms with Crippen LogP contribution in [0.15, 0.2) is 34.8 Å². The molecule has 1 heterocycles. The number of pyridine rings is 1. The number of para-hydroxylation sites is 1. The van der Waals surface area contributed by atoms with E-state index in [2.05, 4.69) is 20.9 Å². The van der Waals surface area contributed by atoms with E-state index in [9.17, 15) is 0 Å². The Bertz CT molecular complexity index is 442. The molecule has 0 aliphatic rings. The Morgan fingerprint density at radius 1 is 1.31 bits per heavy atom. The number of benzene rings is 1. The normalized spacial score (nSPS) is 10.3. The van der Waals surface area contributed by atoms with Gasteiger partial charge in [0.25, 0.3) is 0 Å². The fraction of sp³-hybridized carbons (Fsp3) is 0.100. The van der Waals surface area contributed by atoms with Crippen molar-refractivity contribution >= 4 is 26.8 Å². The molecule has 0 spiro atoms. The van der Waals surface area contributed by atoms with Crippen molar-refractivity contribution in [2.75, 3.05) is 7.11 Å². The molecule has 0 unspecified atom stereocenters. The zero-order valence-corrected chi connectivity index (χ0v) is 8.71. The van der Waals surface area contributed by atoms with Crippen LogP contribution in [0.4, 0.5) is 0 Å². The molecule has 13 heavy (non-hydrogen) atoms. The summed E-state index contributed by atoms with van der Waals surface area (Å²) < 4.78 is 5.98. The Labute approximate surface area is 84.7 Å². The monoisotopic (exact) mass is 237 g/mol. The second-order valence-corrected chi connectivity index (χ2v) is 3.53. The van der Waals surface area contributed by atoms with Crippen LogP contribution in [-0.2, 0) is 0 Å². The molecule has 0 amide bonds. The molecule has 0 saturated heterocycles. The summed E-state index contributed by atoms with van der Waals surface area (Å²) in [5.41, 5.74) is 0.947. The Hall–Kier alpha value is -1.09. The first-order valence-electron chi connectivity index (χ1n) is 3.90. The molecule has 1 aromatic carbocycles. The van der Waals surface area contributed by atoms with Crippen LogP contribution in [0.5, 0.6) is 5.88 Å². The van der Waals surface area contributed by atoms with E-state index in [4.69, 9.17) is 4.74 Å². The Morgan fingerprint density at radius 3 is 2.85 bits per heavy atom. The zero-order valence-electron chi connectivity index (χ0n) is 7.12. The minimum Gasteiger partial charge on any atom is -0.480 e. The third-order valence-corrected chi connectivity index (χ3v) is 2.41. The number of rotatable bonds is 1. The summed E-state index contributed by atoms with van der Waals surface area (Å²) in [6.07, 6.45) is 0. The van der Waals surface area contributed by atoms with E-state index in [1.165, 1.54) is 0 Å². The van der Waals surface area contributed by atoms with Gasteiger partial charge >= 0.3 is 0 Å². The Morgan fingerprint density at radius 2 is 2.08 bits per heavy atom. The molecule has 0 aliphatic heterocycles. The van der Waals surface area contributed by atoms with Gasteiger partial charge in [-0.05, 0) is 28.1 Å². The van der Waals surface area contributed by atoms with Crippen molar-refractivity contribution in [3.05, 3.63) is 34.8 Å². The summed E-state index contributed by atoms with van der Waals surface area (Å²) in [5.74, 6) is 0.624. The number of halogens is 1. The topological polar surface area (TPSA) is 22.1 Å². The number of hydrogen-bond acceptors (Lipinski definition) is 2. The Balaban J connectivity index is 2.74. The molecule has 2 aromatic rings. The van der Waals surface area contributed by atoms with Crippen molar-refractivity contribution in [1.82, 2.24) is 4.98 Å². The van der Waals surface area contributed by atoms with E-state index in [0.717, 1.165) is 15.4 Å². The van der Waals surface area contributed by atoms with Crippen molar-refractivity contribution in [1.29, 1.82) is 0 Å². The van der Waals surface area contributed by atoms with Gasteiger partial charge in [-0.25, -0.2) is 4.98 Å². The van der Waals surface area contributed by atoms with E-state index < -0.39 is 0 Å². The van der Waals surface area contributed by atoms with Gasteiger partial charge < -0.3 is 4.74 Å². The minimum atomic E-state index is 0.624. The van der Waals surface area contributed by atoms with Crippen LogP contribution in [0.3, 0.4) is 0 Å². The first-order chi connectivity index (χ1) is 6.31. The summed E-state index contributed by atoms with van der Waals surface area (Å²) in [6.45, 7) is 0. The number of nitrogens with zero attached hydrogens (tertiary/aromatic N) is 1. The fourth-order valence-electron chi connectivity index (χ4n) is 1.22. The molecule has 1 aromatic heterocycles. The number of fused-ring (bicyclic) bond motifs is 1. The molecule has 0 saturated carbocycles. The van der Waals surface area contributed by atoms with Gasteiger partial charge in [-0.1, -0.05) is 18.2 Å². The lowest BCUT2D eigenvalue weighted by atomic mass is 10.2. The standard InChI is InChI=1S/C10H8BrNO/c1-13-10-8(11)6-7-4-2-3-5-9(7)12-10/h2-6H,1H3. The second-order valence-electron chi connectivity index (χ2n) is 2.67. The summed E-state index contributed by atoms with van der Waals surface area (Å²) in [5, 5.41) is 1.11. The summed E-state index contributed by atoms with van der Waals surface area (Å²) in [7, 11) is 1.61. The third kappa shape index (κ3) is 1.52. The van der Waals surface area contributed by atoms with Crippen molar-refractivity contribution < 1.29 is 4.74 Å². The van der Waals surface area contributed by atoms with E-state index in [1.54, 1.807) is 7.11 Å². The van der Waals surface area contributed by atoms with Gasteiger partial charge in [-0.15, -0.1) is 0 Å². The summed E-state index contributed by atoms with van der Waals surface area (Å²) in [6, 6.07) is 9.93. The highest BCUT2D eigenvalue weighted by molar-refractivity contribution is 9.10. The molecule has 2 nitrogen and oxygen atoms in total. The van der Waals surface area contributed by atoms with Gasteiger partial charge in [-0.3, -0.25) is 0 Å². The molecule has 0 bridgehead atoms. The van der Waals surface area contributed by atoms with Crippen LogP contribution in [-0.4, -0.2) is 12.1 Å². The predicted octanol–water partition coefficient (Wildman–Crippen LogP) is 3.01. The SMILES string of the molecule is COc1nc2ccccc2cc1Br. The second kappa shape index (κ2) is 3.34. The lowest BCUT2D eigenvalue weighted by Crippen LogP contribution is -1.89. The van der Waals surface area contributed by atoms with Gasteiger partial charge in [0, 0.05) is 5.39 Å². The van der Waals surface area contributed by atoms with Crippen LogP contribution >= 0.6 is 15.9 Å². The lowest BCUT2D eigenvalue weighted by molar-refractivity contribution is 0.397. The molecule has 0 aliphatic carbocycles. The first-order valence-corrected chi connectivity index (χ1v) is 4.70. The van der Waals surface area contributed by atoms with E-state index in [-0.39, 0.29) is 0 Å². The molecule has 0 N–H and O–H groups in total. The highest BCUT2D eigenvalue weighted by Gasteiger charge is 2.02. The number of methoxy groups -OCH3 is 1. The maximum Gasteiger partial charge on any atom is 0.228 e. The molecule has 3 heteroatoms. The summed E-state index contributed by atoms with van der Waals surface area (Å²) >= 11 is 3.39. The summed E-state index contributed by atoms with van der Waals surface area (Å²) in [4.78, 5) is 4.32. The van der Waals surface area contributed by atoms with Gasteiger partial charge in [0.1, 0.15) is 0 Å². The van der Waals surface area contributed by atoms with Crippen molar-refractivity contribution in [3.8, 4) is 5.88 Å². The van der Waals surface area contributed by atoms with Crippen LogP contribution in [0, 0.1) is 0 Å². The Kier molecular flexibility index (Phi) is 2.19. The van der Waals surface area contributed by atoms with Crippen molar-refractivity contribution in [2.45, 2.75) is 0 Å². The number of aromatic nitrogens is 1. The first kappa shape index (κ1) is 8.51. The van der Waals surface area contributed by atoms with Gasteiger partial charge in [-0.2, -0.15) is 0 Å². The molecule has 0 radical (unpaired) electrons. The van der Waals surface area contributed by atoms with Crippen LogP contribution in [0.2, 0.25) is 0 Å². The molecule has 0 fully saturated rings. The van der Waals surface area contributed by atoms with E-state index >= 15 is 0 Å². The maximum absolute atomic E-state index is 5.10. The quantitative estimate of drug-likeness (QED) is 0.761. The fourth-order valence-corrected chi connectivity index (χ4v) is 1.71. The maximum atomic E-state index is 5.10. The molecule has 0 atom stereocenters. The van der Waals surface area contributed by atoms with Crippen LogP contribution in [0.1, 0.15) is 0 Å². The average Bonchev–Trinajstić information content (AvgIpc) is 2.17. The van der Waals surface area contributed by atoms with Gasteiger partial charge in [0.05, 0.1) is 17.1 Å². The third-order valence-electron chi connectivity index (χ3n) is 1.84. The molecule has 2 rings (SSSR count). The molecule has 66 valence electrons. The number of hydrogen-bond donors (Lipinski definition) is 0. The number of ether oxygens (including phenoxy) is 1. The lowest BCUT2D eigenvalue weighted by Gasteiger charge is -2.03. The largest absolute Gasteiger partial charge is 0.480 e. The highest BCUT2D eigenvalue weighted by atomic mass is 79.9. The van der Waals surface area contributed by atoms with Crippen molar-refractivity contribution in [2.24, 2.45) is 0 Å². The van der Waals surface area contributed by atoms with Gasteiger partial charge in [0.15, 0.2) is 0 Å². The van der Waals surface area contributed by atoms with Crippen LogP contribution in [0.25, 0.3) is 10.9 Å². The van der Waals surface area contributed by atoms with E-state index in [0.29, 0.717) is 5.88 Å². The molecular weight excluding hydrogens is 230 g/mol.